The summed E-state index contributed by atoms with van der Waals surface area (Å²) in [5, 5.41) is 14.6. The number of carbonyl (C=O) groups is 1. The first-order valence-corrected chi connectivity index (χ1v) is 10.3. The standard InChI is InChI=1S/C22H20F2N6O/c23-16-1-2-19(24)18(9-16)20-4-6-27-30(20)21(31)13-7-14-11-29(12-15(14)8-13)22-26-5-3-17(10-25)28-22/h1-3,5-6,9,13-15,20H,4,7-8,11-12H2/t13?,14-,15+,20?. The van der Waals surface area contributed by atoms with Gasteiger partial charge in [0.25, 0.3) is 0 Å². The SMILES string of the molecule is N#Cc1ccnc(N2C[C@H]3CC(C(=O)N4N=CCC4c4cc(F)ccc4F)C[C@H]3C2)n1. The fraction of sp³-hybridized carbons (Fsp3) is 0.409. The van der Waals surface area contributed by atoms with Crippen molar-refractivity contribution >= 4 is 18.1 Å². The molecule has 7 nitrogen and oxygen atoms in total. The first-order chi connectivity index (χ1) is 15.0. The Hall–Kier alpha value is -3.41. The minimum atomic E-state index is -0.609. The maximum Gasteiger partial charge on any atom is 0.246 e. The van der Waals surface area contributed by atoms with Crippen LogP contribution in [0.2, 0.25) is 0 Å². The third kappa shape index (κ3) is 3.52. The van der Waals surface area contributed by atoms with Crippen molar-refractivity contribution in [1.29, 1.82) is 5.26 Å². The van der Waals surface area contributed by atoms with Crippen LogP contribution in [-0.2, 0) is 4.79 Å². The maximum atomic E-state index is 14.3. The van der Waals surface area contributed by atoms with Crippen LogP contribution in [0.3, 0.4) is 0 Å². The van der Waals surface area contributed by atoms with Gasteiger partial charge in [0.05, 0.1) is 6.04 Å². The topological polar surface area (TPSA) is 85.5 Å². The van der Waals surface area contributed by atoms with E-state index in [0.29, 0.717) is 42.7 Å². The number of amides is 1. The fourth-order valence-corrected chi connectivity index (χ4v) is 5.07. The van der Waals surface area contributed by atoms with Gasteiger partial charge in [-0.2, -0.15) is 10.4 Å². The van der Waals surface area contributed by atoms with Crippen molar-refractivity contribution in [2.24, 2.45) is 22.9 Å². The summed E-state index contributed by atoms with van der Waals surface area (Å²) in [6.45, 7) is 1.46. The zero-order valence-corrected chi connectivity index (χ0v) is 16.7. The maximum absolute atomic E-state index is 14.3. The van der Waals surface area contributed by atoms with Crippen molar-refractivity contribution in [3.63, 3.8) is 0 Å². The van der Waals surface area contributed by atoms with E-state index in [2.05, 4.69) is 20.0 Å². The summed E-state index contributed by atoms with van der Waals surface area (Å²) in [6.07, 6.45) is 4.96. The van der Waals surface area contributed by atoms with Gasteiger partial charge in [0.15, 0.2) is 0 Å². The molecular formula is C22H20F2N6O. The molecular weight excluding hydrogens is 402 g/mol. The first kappa shape index (κ1) is 19.5. The van der Waals surface area contributed by atoms with Gasteiger partial charge in [-0.05, 0) is 48.9 Å². The quantitative estimate of drug-likeness (QED) is 0.759. The van der Waals surface area contributed by atoms with Gasteiger partial charge in [-0.15, -0.1) is 0 Å². The van der Waals surface area contributed by atoms with E-state index in [-0.39, 0.29) is 17.4 Å². The molecule has 0 bridgehead atoms. The summed E-state index contributed by atoms with van der Waals surface area (Å²) in [6, 6.07) is 6.29. The van der Waals surface area contributed by atoms with Crippen LogP contribution in [0.1, 0.15) is 36.6 Å². The van der Waals surface area contributed by atoms with Crippen LogP contribution >= 0.6 is 0 Å². The Kier molecular flexibility index (Phi) is 4.85. The predicted molar refractivity (Wildman–Crippen MR) is 108 cm³/mol. The van der Waals surface area contributed by atoms with Crippen LogP contribution in [0.4, 0.5) is 14.7 Å². The van der Waals surface area contributed by atoms with Crippen LogP contribution in [0.15, 0.2) is 35.6 Å². The Balaban J connectivity index is 1.27. The molecule has 2 aromatic rings. The Morgan fingerprint density at radius 2 is 1.94 bits per heavy atom. The van der Waals surface area contributed by atoms with E-state index in [9.17, 15) is 13.6 Å². The summed E-state index contributed by atoms with van der Waals surface area (Å²) in [4.78, 5) is 23.8. The lowest BCUT2D eigenvalue weighted by Crippen LogP contribution is -2.33. The van der Waals surface area contributed by atoms with Crippen molar-refractivity contribution in [2.75, 3.05) is 18.0 Å². The molecule has 1 aromatic carbocycles. The molecule has 1 saturated heterocycles. The van der Waals surface area contributed by atoms with Crippen LogP contribution in [0.5, 0.6) is 0 Å². The van der Waals surface area contributed by atoms with Gasteiger partial charge in [0.2, 0.25) is 11.9 Å². The highest BCUT2D eigenvalue weighted by Crippen LogP contribution is 2.44. The molecule has 2 aliphatic heterocycles. The van der Waals surface area contributed by atoms with E-state index < -0.39 is 17.7 Å². The molecule has 4 atom stereocenters. The molecule has 0 N–H and O–H groups in total. The van der Waals surface area contributed by atoms with Crippen LogP contribution in [-0.4, -0.2) is 40.2 Å². The van der Waals surface area contributed by atoms with Gasteiger partial charge in [0.1, 0.15) is 23.4 Å². The molecule has 2 fully saturated rings. The average Bonchev–Trinajstić information content (AvgIpc) is 3.50. The number of carbonyl (C=O) groups excluding carboxylic acids is 1. The van der Waals surface area contributed by atoms with Gasteiger partial charge in [0, 0.05) is 43.4 Å². The lowest BCUT2D eigenvalue weighted by atomic mass is 10.00. The van der Waals surface area contributed by atoms with Crippen molar-refractivity contribution in [2.45, 2.75) is 25.3 Å². The van der Waals surface area contributed by atoms with Crippen molar-refractivity contribution in [1.82, 2.24) is 15.0 Å². The van der Waals surface area contributed by atoms with Crippen molar-refractivity contribution < 1.29 is 13.6 Å². The Morgan fingerprint density at radius 3 is 2.68 bits per heavy atom. The van der Waals surface area contributed by atoms with E-state index in [4.69, 9.17) is 5.26 Å². The molecule has 1 aliphatic carbocycles. The van der Waals surface area contributed by atoms with E-state index in [0.717, 1.165) is 31.3 Å². The zero-order chi connectivity index (χ0) is 21.5. The summed E-state index contributed by atoms with van der Waals surface area (Å²) in [5.41, 5.74) is 0.488. The minimum Gasteiger partial charge on any atom is -0.340 e. The number of benzene rings is 1. The average molecular weight is 422 g/mol. The monoisotopic (exact) mass is 422 g/mol. The number of rotatable bonds is 3. The molecule has 9 heteroatoms. The third-order valence-corrected chi connectivity index (χ3v) is 6.51. The second-order valence-electron chi connectivity index (χ2n) is 8.35. The Bertz CT molecular complexity index is 1090. The normalized spacial score (nSPS) is 26.9. The minimum absolute atomic E-state index is 0.133. The van der Waals surface area contributed by atoms with E-state index in [1.165, 1.54) is 5.01 Å². The molecule has 1 amide bonds. The van der Waals surface area contributed by atoms with E-state index >= 15 is 0 Å². The highest BCUT2D eigenvalue weighted by atomic mass is 19.1. The number of nitriles is 1. The van der Waals surface area contributed by atoms with E-state index in [1.54, 1.807) is 18.5 Å². The molecule has 3 heterocycles. The molecule has 1 saturated carbocycles. The molecule has 0 spiro atoms. The van der Waals surface area contributed by atoms with Gasteiger partial charge < -0.3 is 4.90 Å². The van der Waals surface area contributed by atoms with Crippen LogP contribution in [0.25, 0.3) is 0 Å². The van der Waals surface area contributed by atoms with Gasteiger partial charge in [-0.25, -0.2) is 23.8 Å². The molecule has 3 aliphatic rings. The number of anilines is 1. The summed E-state index contributed by atoms with van der Waals surface area (Å²) in [5.74, 6) is -0.216. The molecule has 5 rings (SSSR count). The number of halogens is 2. The van der Waals surface area contributed by atoms with Crippen LogP contribution < -0.4 is 4.90 Å². The third-order valence-electron chi connectivity index (χ3n) is 6.51. The molecule has 158 valence electrons. The van der Waals surface area contributed by atoms with Crippen LogP contribution in [0, 0.1) is 40.7 Å². The van der Waals surface area contributed by atoms with Gasteiger partial charge in [-0.1, -0.05) is 0 Å². The van der Waals surface area contributed by atoms with Crippen molar-refractivity contribution in [3.05, 3.63) is 53.4 Å². The number of nitrogens with zero attached hydrogens (tertiary/aromatic N) is 6. The number of hydrogen-bond acceptors (Lipinski definition) is 6. The lowest BCUT2D eigenvalue weighted by molar-refractivity contribution is -0.137. The summed E-state index contributed by atoms with van der Waals surface area (Å²) < 4.78 is 28.0. The highest BCUT2D eigenvalue weighted by Gasteiger charge is 2.46. The summed E-state index contributed by atoms with van der Waals surface area (Å²) in [7, 11) is 0. The van der Waals surface area contributed by atoms with E-state index in [1.807, 2.05) is 6.07 Å². The Morgan fingerprint density at radius 1 is 1.16 bits per heavy atom. The molecule has 2 unspecified atom stereocenters. The second kappa shape index (κ2) is 7.69. The van der Waals surface area contributed by atoms with Gasteiger partial charge >= 0.3 is 0 Å². The largest absolute Gasteiger partial charge is 0.340 e. The predicted octanol–water partition coefficient (Wildman–Crippen LogP) is 3.05. The van der Waals surface area contributed by atoms with Gasteiger partial charge in [-0.3, -0.25) is 4.79 Å². The van der Waals surface area contributed by atoms with Crippen molar-refractivity contribution in [3.8, 4) is 6.07 Å². The second-order valence-corrected chi connectivity index (χ2v) is 8.35. The number of aromatic nitrogens is 2. The smallest absolute Gasteiger partial charge is 0.246 e. The lowest BCUT2D eigenvalue weighted by Gasteiger charge is -2.26. The molecule has 1 aromatic heterocycles. The first-order valence-electron chi connectivity index (χ1n) is 10.3. The highest BCUT2D eigenvalue weighted by molar-refractivity contribution is 5.82. The number of hydrogen-bond donors (Lipinski definition) is 0. The molecule has 0 radical (unpaired) electrons. The number of hydrazone groups is 1. The fourth-order valence-electron chi connectivity index (χ4n) is 5.07. The summed E-state index contributed by atoms with van der Waals surface area (Å²) >= 11 is 0. The zero-order valence-electron chi connectivity index (χ0n) is 16.7. The Labute approximate surface area is 178 Å². The molecule has 31 heavy (non-hydrogen) atoms. The number of fused-ring (bicyclic) bond motifs is 1.